The predicted octanol–water partition coefficient (Wildman–Crippen LogP) is -2.63. The van der Waals surface area contributed by atoms with Crippen LogP contribution in [0.5, 0.6) is 0 Å². The fourth-order valence-electron chi connectivity index (χ4n) is 4.15. The largest absolute Gasteiger partial charge is 0.481 e. The summed E-state index contributed by atoms with van der Waals surface area (Å²) in [5, 5.41) is 26.6. The summed E-state index contributed by atoms with van der Waals surface area (Å²) in [5.41, 5.74) is 23.3. The number of hydrogen-bond acceptors (Lipinski definition) is 8. The molecule has 0 bridgehead atoms. The number of hydrogen-bond donors (Lipinski definition) is 10. The number of carboxylic acid groups (broad SMARTS) is 2. The summed E-state index contributed by atoms with van der Waals surface area (Å²) < 4.78 is 0. The second-order valence-electron chi connectivity index (χ2n) is 9.74. The smallest absolute Gasteiger partial charge is 0.326 e. The molecule has 0 spiro atoms. The van der Waals surface area contributed by atoms with Gasteiger partial charge in [-0.1, -0.05) is 18.2 Å². The maximum atomic E-state index is 13.1. The highest BCUT2D eigenvalue weighted by Crippen LogP contribution is 2.18. The van der Waals surface area contributed by atoms with Gasteiger partial charge in [-0.05, 0) is 37.3 Å². The van der Waals surface area contributed by atoms with E-state index >= 15 is 0 Å². The highest BCUT2D eigenvalue weighted by atomic mass is 16.4. The molecule has 14 N–H and O–H groups in total. The summed E-state index contributed by atoms with van der Waals surface area (Å²) in [6.45, 7) is 0.100. The number of benzene rings is 1. The van der Waals surface area contributed by atoms with Crippen LogP contribution in [0.4, 0.5) is 0 Å². The zero-order valence-corrected chi connectivity index (χ0v) is 23.2. The van der Waals surface area contributed by atoms with Crippen LogP contribution in [0.15, 0.2) is 35.5 Å². The number of amides is 4. The van der Waals surface area contributed by atoms with E-state index in [4.69, 9.17) is 22.9 Å². The van der Waals surface area contributed by atoms with Crippen molar-refractivity contribution in [1.29, 1.82) is 0 Å². The molecule has 17 nitrogen and oxygen atoms in total. The Labute approximate surface area is 245 Å². The van der Waals surface area contributed by atoms with Crippen LogP contribution in [0, 0.1) is 0 Å². The van der Waals surface area contributed by atoms with Crippen LogP contribution < -0.4 is 38.9 Å². The number of carboxylic acids is 2. The van der Waals surface area contributed by atoms with Crippen molar-refractivity contribution in [3.8, 4) is 0 Å². The van der Waals surface area contributed by atoms with E-state index in [9.17, 15) is 39.0 Å². The molecule has 1 aromatic carbocycles. The van der Waals surface area contributed by atoms with Gasteiger partial charge in [-0.3, -0.25) is 29.0 Å². The predicted molar refractivity (Wildman–Crippen MR) is 154 cm³/mol. The Hall–Kier alpha value is -5.19. The first-order chi connectivity index (χ1) is 20.3. The van der Waals surface area contributed by atoms with Gasteiger partial charge >= 0.3 is 11.9 Å². The van der Waals surface area contributed by atoms with Gasteiger partial charge in [-0.25, -0.2) is 4.79 Å². The fourth-order valence-corrected chi connectivity index (χ4v) is 4.15. The van der Waals surface area contributed by atoms with Crippen LogP contribution in [0.3, 0.4) is 0 Å². The number of aliphatic imine (C=N–C) groups is 1. The lowest BCUT2D eigenvalue weighted by Crippen LogP contribution is -2.57. The zero-order chi connectivity index (χ0) is 32.1. The molecule has 0 fully saturated rings. The Balaban J connectivity index is 2.13. The quantitative estimate of drug-likeness (QED) is 0.0477. The number of nitrogens with zero attached hydrogens (tertiary/aromatic N) is 1. The summed E-state index contributed by atoms with van der Waals surface area (Å²) in [7, 11) is 0. The number of para-hydroxylation sites is 1. The van der Waals surface area contributed by atoms with Gasteiger partial charge in [0.15, 0.2) is 5.96 Å². The van der Waals surface area contributed by atoms with Crippen LogP contribution in [0.25, 0.3) is 10.9 Å². The lowest BCUT2D eigenvalue weighted by Gasteiger charge is -2.24. The van der Waals surface area contributed by atoms with E-state index in [2.05, 4.69) is 25.9 Å². The molecule has 0 aliphatic carbocycles. The monoisotopic (exact) mass is 603 g/mol. The first-order valence-electron chi connectivity index (χ1n) is 13.3. The highest BCUT2D eigenvalue weighted by molar-refractivity contribution is 5.96. The van der Waals surface area contributed by atoms with Gasteiger partial charge in [0, 0.05) is 30.1 Å². The average molecular weight is 604 g/mol. The fraction of sp³-hybridized carbons (Fsp3) is 0.423. The topological polar surface area (TPSA) is 311 Å². The third kappa shape index (κ3) is 11.3. The molecule has 43 heavy (non-hydrogen) atoms. The van der Waals surface area contributed by atoms with Crippen LogP contribution in [-0.4, -0.2) is 87.4 Å². The summed E-state index contributed by atoms with van der Waals surface area (Å²) >= 11 is 0. The number of nitrogens with one attached hydrogen (secondary N) is 4. The number of guanidine groups is 1. The molecule has 0 aliphatic heterocycles. The van der Waals surface area contributed by atoms with E-state index in [0.717, 1.165) is 16.5 Å². The maximum absolute atomic E-state index is 13.1. The standard InChI is InChI=1S/C26H37N9O8/c27-15(10-13-12-32-16-5-2-1-4-14(13)16)22(39)35-19(11-21(37)38)24(41)33-17(7-8-20(28)36)23(40)34-18(25(42)43)6-3-9-31-26(29)30/h1-2,4-5,12,15,17-19,32H,3,6-11,27H2,(H2,28,36)(H,33,41)(H,34,40)(H,35,39)(H,37,38)(H,42,43)(H4,29,30,31). The minimum atomic E-state index is -1.65. The van der Waals surface area contributed by atoms with E-state index in [1.165, 1.54) is 0 Å². The molecular weight excluding hydrogens is 566 g/mol. The number of aromatic nitrogens is 1. The minimum absolute atomic E-state index is 0.0691. The summed E-state index contributed by atoms with van der Waals surface area (Å²) in [6.07, 6.45) is 0.323. The van der Waals surface area contributed by atoms with Gasteiger partial charge in [0.25, 0.3) is 0 Å². The molecule has 4 atom stereocenters. The number of carbonyl (C=O) groups is 6. The van der Waals surface area contributed by atoms with Crippen molar-refractivity contribution < 1.29 is 39.0 Å². The zero-order valence-electron chi connectivity index (χ0n) is 23.2. The molecule has 0 saturated carbocycles. The van der Waals surface area contributed by atoms with Crippen molar-refractivity contribution in [2.45, 2.75) is 62.7 Å². The van der Waals surface area contributed by atoms with Crippen molar-refractivity contribution in [1.82, 2.24) is 20.9 Å². The SMILES string of the molecule is NC(=O)CCC(NC(=O)C(CC(=O)O)NC(=O)C(N)Cc1c[nH]c2ccccc12)C(=O)NC(CCCN=C(N)N)C(=O)O. The van der Waals surface area contributed by atoms with E-state index in [-0.39, 0.29) is 44.6 Å². The second kappa shape index (κ2) is 16.3. The number of rotatable bonds is 18. The Morgan fingerprint density at radius 1 is 0.860 bits per heavy atom. The lowest BCUT2D eigenvalue weighted by molar-refractivity contribution is -0.143. The normalized spacial score (nSPS) is 13.6. The van der Waals surface area contributed by atoms with Gasteiger partial charge in [-0.15, -0.1) is 0 Å². The number of aliphatic carboxylic acids is 2. The van der Waals surface area contributed by atoms with Gasteiger partial charge in [0.05, 0.1) is 12.5 Å². The van der Waals surface area contributed by atoms with Gasteiger partial charge in [-0.2, -0.15) is 0 Å². The molecule has 0 aliphatic rings. The molecule has 0 radical (unpaired) electrons. The van der Waals surface area contributed by atoms with Crippen LogP contribution in [-0.2, 0) is 35.2 Å². The number of primary amides is 1. The van der Waals surface area contributed by atoms with Crippen molar-refractivity contribution in [2.75, 3.05) is 6.54 Å². The number of aromatic amines is 1. The molecule has 4 amide bonds. The molecule has 234 valence electrons. The highest BCUT2D eigenvalue weighted by Gasteiger charge is 2.31. The Kier molecular flexibility index (Phi) is 12.9. The van der Waals surface area contributed by atoms with Crippen LogP contribution in [0.1, 0.15) is 37.7 Å². The Bertz CT molecular complexity index is 1360. The van der Waals surface area contributed by atoms with Crippen molar-refractivity contribution in [3.05, 3.63) is 36.0 Å². The minimum Gasteiger partial charge on any atom is -0.481 e. The van der Waals surface area contributed by atoms with Crippen LogP contribution in [0.2, 0.25) is 0 Å². The number of carbonyl (C=O) groups excluding carboxylic acids is 4. The summed E-state index contributed by atoms with van der Waals surface area (Å²) in [6, 6.07) is 1.62. The molecule has 1 heterocycles. The Morgan fingerprint density at radius 2 is 1.49 bits per heavy atom. The molecule has 1 aromatic heterocycles. The van der Waals surface area contributed by atoms with Gasteiger partial charge in [0.1, 0.15) is 18.1 Å². The van der Waals surface area contributed by atoms with Crippen LogP contribution >= 0.6 is 0 Å². The average Bonchev–Trinajstić information content (AvgIpc) is 3.33. The Morgan fingerprint density at radius 3 is 2.12 bits per heavy atom. The number of H-pyrrole nitrogens is 1. The van der Waals surface area contributed by atoms with E-state index in [1.54, 1.807) is 6.20 Å². The van der Waals surface area contributed by atoms with Gasteiger partial charge in [0.2, 0.25) is 23.6 Å². The number of fused-ring (bicyclic) bond motifs is 1. The van der Waals surface area contributed by atoms with Crippen molar-refractivity contribution in [3.63, 3.8) is 0 Å². The van der Waals surface area contributed by atoms with Crippen molar-refractivity contribution in [2.24, 2.45) is 27.9 Å². The molecule has 2 aromatic rings. The molecule has 4 unspecified atom stereocenters. The first-order valence-corrected chi connectivity index (χ1v) is 13.3. The van der Waals surface area contributed by atoms with Crippen molar-refractivity contribution >= 4 is 52.4 Å². The lowest BCUT2D eigenvalue weighted by atomic mass is 10.0. The maximum Gasteiger partial charge on any atom is 0.326 e. The number of nitrogens with two attached hydrogens (primary N) is 4. The van der Waals surface area contributed by atoms with E-state index < -0.39 is 66.2 Å². The molecule has 17 heteroatoms. The molecule has 0 saturated heterocycles. The second-order valence-corrected chi connectivity index (χ2v) is 9.74. The summed E-state index contributed by atoms with van der Waals surface area (Å²) in [4.78, 5) is 80.3. The molecule has 2 rings (SSSR count). The molecular formula is C26H37N9O8. The summed E-state index contributed by atoms with van der Waals surface area (Å²) in [5.74, 6) is -6.67. The van der Waals surface area contributed by atoms with E-state index in [1.807, 2.05) is 24.3 Å². The van der Waals surface area contributed by atoms with E-state index in [0.29, 0.717) is 0 Å². The third-order valence-corrected chi connectivity index (χ3v) is 6.34. The third-order valence-electron chi connectivity index (χ3n) is 6.34. The first kappa shape index (κ1) is 34.0. The van der Waals surface area contributed by atoms with Gasteiger partial charge < -0.3 is 54.1 Å².